The first kappa shape index (κ1) is 13.1. The Hall–Kier alpha value is -1.38. The van der Waals surface area contributed by atoms with Crippen molar-refractivity contribution >= 4 is 29.0 Å². The van der Waals surface area contributed by atoms with Gasteiger partial charge in [-0.3, -0.25) is 4.79 Å². The molecule has 18 heavy (non-hydrogen) atoms. The minimum absolute atomic E-state index is 0.00229. The quantitative estimate of drug-likeness (QED) is 0.755. The molecule has 2 aromatic carbocycles. The Kier molecular flexibility index (Phi) is 4.00. The number of carbonyl (C=O) groups is 1. The Balaban J connectivity index is 2.25. The van der Waals surface area contributed by atoms with Crippen LogP contribution in [0, 0.1) is 5.82 Å². The number of Topliss-reactive ketones (excluding diaryl/α,β-unsaturated/α-hetero) is 1. The fourth-order valence-electron chi connectivity index (χ4n) is 1.65. The van der Waals surface area contributed by atoms with E-state index in [2.05, 4.69) is 0 Å². The summed E-state index contributed by atoms with van der Waals surface area (Å²) in [7, 11) is 0. The summed E-state index contributed by atoms with van der Waals surface area (Å²) < 4.78 is 13.7. The maximum absolute atomic E-state index is 13.7. The number of carbonyl (C=O) groups excluding carboxylic acids is 1. The van der Waals surface area contributed by atoms with Crippen LogP contribution in [0.3, 0.4) is 0 Å². The largest absolute Gasteiger partial charge is 0.294 e. The number of halogens is 3. The molecule has 2 aromatic rings. The summed E-state index contributed by atoms with van der Waals surface area (Å²) in [5, 5.41) is 0.499. The minimum atomic E-state index is -0.675. The van der Waals surface area contributed by atoms with Gasteiger partial charge in [-0.25, -0.2) is 4.39 Å². The van der Waals surface area contributed by atoms with Gasteiger partial charge in [-0.1, -0.05) is 41.4 Å². The van der Waals surface area contributed by atoms with Gasteiger partial charge in [-0.05, 0) is 29.8 Å². The standard InChI is InChI=1S/C14H9Cl2FO/c15-10-4-1-3-9(7-10)8-13(18)11-5-2-6-12(16)14(11)17/h1-7H,8H2. The van der Waals surface area contributed by atoms with Crippen molar-refractivity contribution < 1.29 is 9.18 Å². The third kappa shape index (κ3) is 2.89. The highest BCUT2D eigenvalue weighted by Crippen LogP contribution is 2.20. The van der Waals surface area contributed by atoms with Crippen LogP contribution < -0.4 is 0 Å². The summed E-state index contributed by atoms with van der Waals surface area (Å²) in [6, 6.07) is 11.3. The summed E-state index contributed by atoms with van der Waals surface area (Å²) in [5.41, 5.74) is 0.745. The highest BCUT2D eigenvalue weighted by molar-refractivity contribution is 6.31. The van der Waals surface area contributed by atoms with Crippen LogP contribution in [0.4, 0.5) is 4.39 Å². The third-order valence-corrected chi connectivity index (χ3v) is 3.03. The van der Waals surface area contributed by atoms with Crippen molar-refractivity contribution in [3.63, 3.8) is 0 Å². The second-order valence-corrected chi connectivity index (χ2v) is 4.67. The van der Waals surface area contributed by atoms with Gasteiger partial charge in [-0.2, -0.15) is 0 Å². The molecule has 92 valence electrons. The molecule has 0 atom stereocenters. The van der Waals surface area contributed by atoms with E-state index >= 15 is 0 Å². The van der Waals surface area contributed by atoms with Crippen molar-refractivity contribution in [1.82, 2.24) is 0 Å². The zero-order valence-corrected chi connectivity index (χ0v) is 10.8. The van der Waals surface area contributed by atoms with Gasteiger partial charge in [0.25, 0.3) is 0 Å². The zero-order valence-electron chi connectivity index (χ0n) is 9.29. The number of benzene rings is 2. The molecule has 2 rings (SSSR count). The first-order valence-corrected chi connectivity index (χ1v) is 6.05. The molecule has 0 radical (unpaired) electrons. The molecular weight excluding hydrogens is 274 g/mol. The van der Waals surface area contributed by atoms with Crippen molar-refractivity contribution in [2.24, 2.45) is 0 Å². The topological polar surface area (TPSA) is 17.1 Å². The lowest BCUT2D eigenvalue weighted by atomic mass is 10.0. The SMILES string of the molecule is O=C(Cc1cccc(Cl)c1)c1cccc(Cl)c1F. The molecule has 0 N–H and O–H groups in total. The maximum Gasteiger partial charge on any atom is 0.170 e. The van der Waals surface area contributed by atoms with Gasteiger partial charge in [0.05, 0.1) is 10.6 Å². The van der Waals surface area contributed by atoms with E-state index in [1.165, 1.54) is 12.1 Å². The summed E-state index contributed by atoms with van der Waals surface area (Å²) in [6.07, 6.45) is 0.0951. The van der Waals surface area contributed by atoms with Crippen LogP contribution in [-0.4, -0.2) is 5.78 Å². The van der Waals surface area contributed by atoms with Gasteiger partial charge < -0.3 is 0 Å². The molecule has 0 bridgehead atoms. The molecule has 0 unspecified atom stereocenters. The minimum Gasteiger partial charge on any atom is -0.294 e. The molecule has 1 nitrogen and oxygen atoms in total. The van der Waals surface area contributed by atoms with Crippen LogP contribution in [0.2, 0.25) is 10.0 Å². The van der Waals surface area contributed by atoms with Crippen LogP contribution in [-0.2, 0) is 6.42 Å². The summed E-state index contributed by atoms with van der Waals surface area (Å²) in [5.74, 6) is -0.997. The lowest BCUT2D eigenvalue weighted by molar-refractivity contribution is 0.0989. The molecule has 0 aliphatic carbocycles. The fraction of sp³-hybridized carbons (Fsp3) is 0.0714. The monoisotopic (exact) mass is 282 g/mol. The molecule has 0 heterocycles. The molecule has 0 spiro atoms. The van der Waals surface area contributed by atoms with Crippen LogP contribution >= 0.6 is 23.2 Å². The Labute approximate surface area is 114 Å². The van der Waals surface area contributed by atoms with Crippen LogP contribution in [0.25, 0.3) is 0 Å². The number of hydrogen-bond donors (Lipinski definition) is 0. The van der Waals surface area contributed by atoms with Crippen molar-refractivity contribution in [1.29, 1.82) is 0 Å². The fourth-order valence-corrected chi connectivity index (χ4v) is 2.03. The van der Waals surface area contributed by atoms with Gasteiger partial charge in [0, 0.05) is 11.4 Å². The number of rotatable bonds is 3. The average molecular weight is 283 g/mol. The Morgan fingerprint density at radius 2 is 1.83 bits per heavy atom. The third-order valence-electron chi connectivity index (χ3n) is 2.51. The molecule has 0 saturated carbocycles. The van der Waals surface area contributed by atoms with Crippen molar-refractivity contribution in [2.75, 3.05) is 0 Å². The summed E-state index contributed by atoms with van der Waals surface area (Å²) in [4.78, 5) is 12.0. The maximum atomic E-state index is 13.7. The van der Waals surface area contributed by atoms with Gasteiger partial charge in [0.1, 0.15) is 0 Å². The average Bonchev–Trinajstić information content (AvgIpc) is 2.32. The zero-order chi connectivity index (χ0) is 13.1. The highest BCUT2D eigenvalue weighted by Gasteiger charge is 2.14. The first-order chi connectivity index (χ1) is 8.58. The second kappa shape index (κ2) is 5.51. The van der Waals surface area contributed by atoms with Crippen molar-refractivity contribution in [3.8, 4) is 0 Å². The van der Waals surface area contributed by atoms with Crippen LogP contribution in [0.15, 0.2) is 42.5 Å². The van der Waals surface area contributed by atoms with E-state index in [4.69, 9.17) is 23.2 Å². The predicted octanol–water partition coefficient (Wildman–Crippen LogP) is 4.56. The number of ketones is 1. The van der Waals surface area contributed by atoms with E-state index in [-0.39, 0.29) is 22.8 Å². The van der Waals surface area contributed by atoms with Gasteiger partial charge in [0.2, 0.25) is 0 Å². The molecule has 0 aliphatic heterocycles. The molecule has 0 amide bonds. The summed E-state index contributed by atoms with van der Waals surface area (Å²) >= 11 is 11.5. The predicted molar refractivity (Wildman–Crippen MR) is 70.9 cm³/mol. The first-order valence-electron chi connectivity index (χ1n) is 5.29. The van der Waals surface area contributed by atoms with Crippen molar-refractivity contribution in [3.05, 3.63) is 69.5 Å². The molecular formula is C14H9Cl2FO. The Morgan fingerprint density at radius 3 is 2.56 bits per heavy atom. The van der Waals surface area contributed by atoms with Gasteiger partial charge in [0.15, 0.2) is 11.6 Å². The second-order valence-electron chi connectivity index (χ2n) is 3.83. The normalized spacial score (nSPS) is 10.4. The van der Waals surface area contributed by atoms with E-state index in [1.807, 2.05) is 0 Å². The van der Waals surface area contributed by atoms with E-state index in [0.717, 1.165) is 5.56 Å². The Bertz CT molecular complexity index is 596. The van der Waals surface area contributed by atoms with E-state index in [1.54, 1.807) is 30.3 Å². The highest BCUT2D eigenvalue weighted by atomic mass is 35.5. The van der Waals surface area contributed by atoms with Gasteiger partial charge >= 0.3 is 0 Å². The van der Waals surface area contributed by atoms with Crippen LogP contribution in [0.1, 0.15) is 15.9 Å². The van der Waals surface area contributed by atoms with E-state index < -0.39 is 5.82 Å². The number of hydrogen-bond acceptors (Lipinski definition) is 1. The summed E-state index contributed by atoms with van der Waals surface area (Å²) in [6.45, 7) is 0. The van der Waals surface area contributed by atoms with Gasteiger partial charge in [-0.15, -0.1) is 0 Å². The molecule has 0 aromatic heterocycles. The molecule has 0 saturated heterocycles. The van der Waals surface area contributed by atoms with Crippen molar-refractivity contribution in [2.45, 2.75) is 6.42 Å². The smallest absolute Gasteiger partial charge is 0.170 e. The Morgan fingerprint density at radius 1 is 1.11 bits per heavy atom. The lowest BCUT2D eigenvalue weighted by Crippen LogP contribution is -2.06. The molecule has 0 aliphatic rings. The lowest BCUT2D eigenvalue weighted by Gasteiger charge is -2.04. The molecule has 4 heteroatoms. The molecule has 0 fully saturated rings. The van der Waals surface area contributed by atoms with Crippen LogP contribution in [0.5, 0.6) is 0 Å². The van der Waals surface area contributed by atoms with E-state index in [0.29, 0.717) is 5.02 Å². The van der Waals surface area contributed by atoms with E-state index in [9.17, 15) is 9.18 Å².